The van der Waals surface area contributed by atoms with Gasteiger partial charge in [-0.3, -0.25) is 0 Å². The summed E-state index contributed by atoms with van der Waals surface area (Å²) in [5.74, 6) is 1.88. The molecule has 176 valence electrons. The Labute approximate surface area is 195 Å². The first-order chi connectivity index (χ1) is 15.8. The Morgan fingerprint density at radius 1 is 1.27 bits per heavy atom. The number of fused-ring (bicyclic) bond motifs is 1. The average Bonchev–Trinajstić information content (AvgIpc) is 2.78. The highest BCUT2D eigenvalue weighted by Gasteiger charge is 2.26. The zero-order valence-corrected chi connectivity index (χ0v) is 19.8. The van der Waals surface area contributed by atoms with E-state index in [0.717, 1.165) is 48.6 Å². The van der Waals surface area contributed by atoms with Gasteiger partial charge >= 0.3 is 0 Å². The number of hydrogen-bond donors (Lipinski definition) is 3. The van der Waals surface area contributed by atoms with Crippen LogP contribution in [0.2, 0.25) is 0 Å². The van der Waals surface area contributed by atoms with Gasteiger partial charge < -0.3 is 15.3 Å². The molecular formula is C24H31N5O3S. The lowest BCUT2D eigenvalue weighted by Gasteiger charge is -2.30. The van der Waals surface area contributed by atoms with Gasteiger partial charge in [0.1, 0.15) is 11.6 Å². The molecule has 2 heterocycles. The Morgan fingerprint density at radius 2 is 2.12 bits per heavy atom. The third-order valence-corrected chi connectivity index (χ3v) is 7.57. The van der Waals surface area contributed by atoms with Crippen LogP contribution in [0.3, 0.4) is 0 Å². The van der Waals surface area contributed by atoms with Crippen LogP contribution in [0.4, 0.5) is 17.5 Å². The second kappa shape index (κ2) is 9.93. The molecule has 4 rings (SSSR count). The zero-order valence-electron chi connectivity index (χ0n) is 19.0. The lowest BCUT2D eigenvalue weighted by molar-refractivity contribution is 0.474. The summed E-state index contributed by atoms with van der Waals surface area (Å²) in [7, 11) is -3.45. The number of aromatic nitrogens is 2. The van der Waals surface area contributed by atoms with Gasteiger partial charge in [-0.05, 0) is 61.1 Å². The van der Waals surface area contributed by atoms with Crippen LogP contribution in [-0.2, 0) is 16.4 Å². The lowest BCUT2D eigenvalue weighted by atomic mass is 10.0. The first-order valence-electron chi connectivity index (χ1n) is 11.4. The predicted octanol–water partition coefficient (Wildman–Crippen LogP) is 3.86. The number of aryl methyl sites for hydroxylation is 1. The van der Waals surface area contributed by atoms with E-state index < -0.39 is 15.3 Å². The van der Waals surface area contributed by atoms with Gasteiger partial charge in [0.15, 0.2) is 0 Å². The molecular weight excluding hydrogens is 438 g/mol. The van der Waals surface area contributed by atoms with Crippen LogP contribution in [0.25, 0.3) is 0 Å². The van der Waals surface area contributed by atoms with Crippen LogP contribution in [-0.4, -0.2) is 41.8 Å². The van der Waals surface area contributed by atoms with Crippen molar-refractivity contribution in [3.63, 3.8) is 0 Å². The molecule has 33 heavy (non-hydrogen) atoms. The van der Waals surface area contributed by atoms with Crippen molar-refractivity contribution in [3.05, 3.63) is 60.0 Å². The fourth-order valence-corrected chi connectivity index (χ4v) is 5.39. The second-order valence-electron chi connectivity index (χ2n) is 8.87. The highest BCUT2D eigenvalue weighted by molar-refractivity contribution is 7.90. The fourth-order valence-electron chi connectivity index (χ4n) is 4.08. The maximum absolute atomic E-state index is 12.7. The largest absolute Gasteiger partial charge is 0.508 e. The minimum atomic E-state index is -3.45. The third-order valence-electron chi connectivity index (χ3n) is 5.84. The van der Waals surface area contributed by atoms with E-state index in [4.69, 9.17) is 0 Å². The quantitative estimate of drug-likeness (QED) is 0.539. The number of allylic oxidation sites excluding steroid dienone is 3. The molecule has 3 N–H and O–H groups in total. The van der Waals surface area contributed by atoms with Crippen LogP contribution in [0.1, 0.15) is 38.7 Å². The van der Waals surface area contributed by atoms with E-state index in [1.54, 1.807) is 30.5 Å². The van der Waals surface area contributed by atoms with E-state index >= 15 is 0 Å². The SMILES string of the molecule is CC(C)CCNS(=O)(=O)C1C=CC=C(Nc2nccc(N3CCCc4cc(O)ccc43)n2)C1. The van der Waals surface area contributed by atoms with E-state index in [2.05, 4.69) is 38.8 Å². The van der Waals surface area contributed by atoms with Gasteiger partial charge in [0.25, 0.3) is 0 Å². The molecule has 0 fully saturated rings. The number of hydrogen-bond acceptors (Lipinski definition) is 7. The zero-order chi connectivity index (χ0) is 23.4. The Morgan fingerprint density at radius 3 is 2.94 bits per heavy atom. The Hall–Kier alpha value is -2.91. The molecule has 1 aromatic carbocycles. The van der Waals surface area contributed by atoms with E-state index in [9.17, 15) is 13.5 Å². The molecule has 2 aliphatic rings. The fraction of sp³-hybridized carbons (Fsp3) is 0.417. The summed E-state index contributed by atoms with van der Waals surface area (Å²) in [5.41, 5.74) is 2.87. The molecule has 0 bridgehead atoms. The van der Waals surface area contributed by atoms with Gasteiger partial charge in [-0.15, -0.1) is 0 Å². The number of aromatic hydroxyl groups is 1. The van der Waals surface area contributed by atoms with Crippen LogP contribution in [0.5, 0.6) is 5.75 Å². The van der Waals surface area contributed by atoms with E-state index in [1.165, 1.54) is 0 Å². The smallest absolute Gasteiger partial charge is 0.228 e. The summed E-state index contributed by atoms with van der Waals surface area (Å²) in [6.45, 7) is 5.40. The molecule has 8 nitrogen and oxygen atoms in total. The molecule has 0 amide bonds. The Balaban J connectivity index is 1.45. The molecule has 0 spiro atoms. The Kier molecular flexibility index (Phi) is 6.99. The molecule has 0 radical (unpaired) electrons. The maximum Gasteiger partial charge on any atom is 0.228 e. The molecule has 1 unspecified atom stereocenters. The topological polar surface area (TPSA) is 107 Å². The number of rotatable bonds is 8. The number of nitrogens with zero attached hydrogens (tertiary/aromatic N) is 3. The van der Waals surface area contributed by atoms with Crippen molar-refractivity contribution in [2.75, 3.05) is 23.3 Å². The van der Waals surface area contributed by atoms with Crippen LogP contribution in [0, 0.1) is 5.92 Å². The number of phenolic OH excluding ortho intramolecular Hbond substituents is 1. The van der Waals surface area contributed by atoms with Gasteiger partial charge in [0, 0.05) is 37.1 Å². The summed E-state index contributed by atoms with van der Waals surface area (Å²) in [6.07, 6.45) is 10.0. The van der Waals surface area contributed by atoms with Crippen molar-refractivity contribution in [1.82, 2.24) is 14.7 Å². The molecule has 2 aromatic rings. The first kappa shape index (κ1) is 23.3. The van der Waals surface area contributed by atoms with Crippen molar-refractivity contribution in [3.8, 4) is 5.75 Å². The number of anilines is 3. The van der Waals surface area contributed by atoms with Crippen molar-refractivity contribution in [2.45, 2.75) is 44.8 Å². The molecule has 0 saturated heterocycles. The van der Waals surface area contributed by atoms with E-state index in [1.807, 2.05) is 18.2 Å². The molecule has 0 saturated carbocycles. The summed E-state index contributed by atoms with van der Waals surface area (Å²) >= 11 is 0. The maximum atomic E-state index is 12.7. The summed E-state index contributed by atoms with van der Waals surface area (Å²) < 4.78 is 28.1. The van der Waals surface area contributed by atoms with Crippen molar-refractivity contribution < 1.29 is 13.5 Å². The monoisotopic (exact) mass is 469 g/mol. The summed E-state index contributed by atoms with van der Waals surface area (Å²) in [6, 6.07) is 7.26. The summed E-state index contributed by atoms with van der Waals surface area (Å²) in [5, 5.41) is 12.4. The molecule has 1 aliphatic carbocycles. The standard InChI is InChI=1S/C24H31N5O3S/c1-17(2)10-13-26-33(31,32)21-7-3-6-19(16-21)27-24-25-12-11-23(28-24)29-14-4-5-18-15-20(30)8-9-22(18)29/h3,6-9,11-12,15,17,21,26,30H,4-5,10,13-14,16H2,1-2H3,(H,25,27,28). The molecule has 1 atom stereocenters. The normalized spacial score (nSPS) is 18.2. The molecule has 9 heteroatoms. The van der Waals surface area contributed by atoms with Gasteiger partial charge in [0.05, 0.1) is 5.25 Å². The number of sulfonamides is 1. The number of nitrogens with one attached hydrogen (secondary N) is 2. The predicted molar refractivity (Wildman–Crippen MR) is 131 cm³/mol. The molecule has 1 aliphatic heterocycles. The number of phenols is 1. The van der Waals surface area contributed by atoms with Crippen molar-refractivity contribution in [2.24, 2.45) is 5.92 Å². The van der Waals surface area contributed by atoms with Gasteiger partial charge in [0.2, 0.25) is 16.0 Å². The first-order valence-corrected chi connectivity index (χ1v) is 12.9. The minimum absolute atomic E-state index is 0.265. The average molecular weight is 470 g/mol. The highest BCUT2D eigenvalue weighted by atomic mass is 32.2. The van der Waals surface area contributed by atoms with Crippen molar-refractivity contribution >= 4 is 27.5 Å². The van der Waals surface area contributed by atoms with Crippen LogP contribution < -0.4 is 14.9 Å². The third kappa shape index (κ3) is 5.72. The van der Waals surface area contributed by atoms with Gasteiger partial charge in [-0.1, -0.05) is 26.0 Å². The lowest BCUT2D eigenvalue weighted by Crippen LogP contribution is -2.35. The Bertz CT molecular complexity index is 1160. The van der Waals surface area contributed by atoms with E-state index in [-0.39, 0.29) is 5.75 Å². The molecule has 1 aromatic heterocycles. The number of benzene rings is 1. The van der Waals surface area contributed by atoms with Crippen LogP contribution in [0.15, 0.2) is 54.4 Å². The van der Waals surface area contributed by atoms with Crippen molar-refractivity contribution in [1.29, 1.82) is 0 Å². The van der Waals surface area contributed by atoms with Gasteiger partial charge in [-0.2, -0.15) is 4.98 Å². The van der Waals surface area contributed by atoms with Gasteiger partial charge in [-0.25, -0.2) is 18.1 Å². The minimum Gasteiger partial charge on any atom is -0.508 e. The second-order valence-corrected chi connectivity index (χ2v) is 10.9. The van der Waals surface area contributed by atoms with E-state index in [0.29, 0.717) is 24.8 Å². The highest BCUT2D eigenvalue weighted by Crippen LogP contribution is 2.34. The summed E-state index contributed by atoms with van der Waals surface area (Å²) in [4.78, 5) is 11.1. The van der Waals surface area contributed by atoms with Crippen LogP contribution >= 0.6 is 0 Å².